The lowest BCUT2D eigenvalue weighted by Crippen LogP contribution is -2.15. The molecular formula is C15H27NO2. The number of hydrogen-bond donors (Lipinski definition) is 1. The van der Waals surface area contributed by atoms with Gasteiger partial charge in [0.15, 0.2) is 0 Å². The maximum Gasteiger partial charge on any atom is 0.311 e. The Morgan fingerprint density at radius 2 is 1.39 bits per heavy atom. The third-order valence-electron chi connectivity index (χ3n) is 3.65. The molecule has 0 aliphatic carbocycles. The van der Waals surface area contributed by atoms with E-state index in [9.17, 15) is 4.79 Å². The Morgan fingerprint density at radius 1 is 0.889 bits per heavy atom. The lowest BCUT2D eigenvalue weighted by atomic mass is 10.0. The first-order chi connectivity index (χ1) is 8.80. The van der Waals surface area contributed by atoms with Crippen molar-refractivity contribution in [1.29, 1.82) is 0 Å². The van der Waals surface area contributed by atoms with Crippen LogP contribution in [-0.4, -0.2) is 23.8 Å². The standard InChI is InChI=1S/C15H27NO2/c17-15(18)14-11-9-7-5-3-1-2-4-6-8-10-12-16-13-14/h13-14H,1-12H2,(H,17,18). The molecule has 0 radical (unpaired) electrons. The summed E-state index contributed by atoms with van der Waals surface area (Å²) in [5.74, 6) is -1.09. The molecule has 0 saturated carbocycles. The Labute approximate surface area is 111 Å². The molecule has 0 bridgehead atoms. The highest BCUT2D eigenvalue weighted by molar-refractivity contribution is 5.88. The summed E-state index contributed by atoms with van der Waals surface area (Å²) in [6, 6.07) is 0. The van der Waals surface area contributed by atoms with Crippen LogP contribution < -0.4 is 0 Å². The number of carbonyl (C=O) groups is 1. The van der Waals surface area contributed by atoms with E-state index in [1.54, 1.807) is 6.21 Å². The van der Waals surface area contributed by atoms with E-state index in [4.69, 9.17) is 5.11 Å². The third kappa shape index (κ3) is 7.46. The van der Waals surface area contributed by atoms with E-state index >= 15 is 0 Å². The fraction of sp³-hybridized carbons (Fsp3) is 0.867. The first-order valence-electron chi connectivity index (χ1n) is 7.53. The first kappa shape index (κ1) is 15.2. The molecule has 18 heavy (non-hydrogen) atoms. The van der Waals surface area contributed by atoms with Gasteiger partial charge in [0.05, 0.1) is 5.92 Å². The predicted octanol–water partition coefficient (Wildman–Crippen LogP) is 4.06. The van der Waals surface area contributed by atoms with Gasteiger partial charge in [-0.2, -0.15) is 0 Å². The fourth-order valence-corrected chi connectivity index (χ4v) is 2.45. The van der Waals surface area contributed by atoms with Crippen LogP contribution in [0.15, 0.2) is 4.99 Å². The number of carboxylic acid groups (broad SMARTS) is 1. The smallest absolute Gasteiger partial charge is 0.311 e. The maximum absolute atomic E-state index is 11.1. The van der Waals surface area contributed by atoms with E-state index in [1.165, 1.54) is 44.9 Å². The molecule has 1 heterocycles. The number of nitrogens with zero attached hydrogens (tertiary/aromatic N) is 1. The normalized spacial score (nSPS) is 25.0. The van der Waals surface area contributed by atoms with Crippen LogP contribution in [0.3, 0.4) is 0 Å². The zero-order valence-corrected chi connectivity index (χ0v) is 11.4. The second-order valence-corrected chi connectivity index (χ2v) is 5.32. The van der Waals surface area contributed by atoms with Crippen molar-refractivity contribution in [3.05, 3.63) is 0 Å². The summed E-state index contributed by atoms with van der Waals surface area (Å²) in [5.41, 5.74) is 0. The summed E-state index contributed by atoms with van der Waals surface area (Å²) in [6.07, 6.45) is 14.9. The Morgan fingerprint density at radius 3 is 1.94 bits per heavy atom. The summed E-state index contributed by atoms with van der Waals surface area (Å²) < 4.78 is 0. The highest BCUT2D eigenvalue weighted by Gasteiger charge is 2.13. The molecule has 0 aromatic heterocycles. The monoisotopic (exact) mass is 253 g/mol. The Hall–Kier alpha value is -0.860. The van der Waals surface area contributed by atoms with Crippen LogP contribution in [0.4, 0.5) is 0 Å². The molecule has 0 saturated heterocycles. The van der Waals surface area contributed by atoms with Crippen molar-refractivity contribution in [2.24, 2.45) is 10.9 Å². The van der Waals surface area contributed by atoms with E-state index in [1.807, 2.05) is 0 Å². The Balaban J connectivity index is 2.35. The predicted molar refractivity (Wildman–Crippen MR) is 75.3 cm³/mol. The van der Waals surface area contributed by atoms with Crippen LogP contribution in [0, 0.1) is 5.92 Å². The minimum Gasteiger partial charge on any atom is -0.481 e. The second-order valence-electron chi connectivity index (χ2n) is 5.32. The van der Waals surface area contributed by atoms with Crippen LogP contribution in [0.1, 0.15) is 70.6 Å². The van der Waals surface area contributed by atoms with E-state index in [-0.39, 0.29) is 5.92 Å². The maximum atomic E-state index is 11.1. The highest BCUT2D eigenvalue weighted by Crippen LogP contribution is 2.14. The van der Waals surface area contributed by atoms with Gasteiger partial charge < -0.3 is 5.11 Å². The molecule has 0 spiro atoms. The number of rotatable bonds is 1. The lowest BCUT2D eigenvalue weighted by molar-refractivity contribution is -0.139. The average molecular weight is 253 g/mol. The molecule has 3 heteroatoms. The van der Waals surface area contributed by atoms with Crippen LogP contribution in [-0.2, 0) is 4.79 Å². The van der Waals surface area contributed by atoms with E-state index in [0.717, 1.165) is 32.2 Å². The average Bonchev–Trinajstić information content (AvgIpc) is 2.36. The van der Waals surface area contributed by atoms with Crippen molar-refractivity contribution in [3.63, 3.8) is 0 Å². The molecule has 0 aromatic carbocycles. The van der Waals surface area contributed by atoms with E-state index in [0.29, 0.717) is 0 Å². The van der Waals surface area contributed by atoms with Crippen molar-refractivity contribution < 1.29 is 9.90 Å². The molecular weight excluding hydrogens is 226 g/mol. The molecule has 1 N–H and O–H groups in total. The molecule has 1 unspecified atom stereocenters. The van der Waals surface area contributed by atoms with Crippen molar-refractivity contribution in [2.75, 3.05) is 6.54 Å². The number of hydrogen-bond acceptors (Lipinski definition) is 2. The highest BCUT2D eigenvalue weighted by atomic mass is 16.4. The van der Waals surface area contributed by atoms with Gasteiger partial charge in [-0.15, -0.1) is 0 Å². The van der Waals surface area contributed by atoms with Crippen LogP contribution in [0.5, 0.6) is 0 Å². The van der Waals surface area contributed by atoms with Crippen molar-refractivity contribution in [1.82, 2.24) is 0 Å². The zero-order chi connectivity index (χ0) is 13.1. The van der Waals surface area contributed by atoms with E-state index in [2.05, 4.69) is 4.99 Å². The number of aliphatic carboxylic acids is 1. The molecule has 3 nitrogen and oxygen atoms in total. The quantitative estimate of drug-likeness (QED) is 0.766. The fourth-order valence-electron chi connectivity index (χ4n) is 2.45. The van der Waals surface area contributed by atoms with E-state index < -0.39 is 5.97 Å². The second kappa shape index (κ2) is 10.1. The molecule has 1 rings (SSSR count). The SMILES string of the molecule is O=C(O)C1C=NCCCCCCCCCCCC1. The van der Waals surface area contributed by atoms with Gasteiger partial charge in [0.25, 0.3) is 0 Å². The van der Waals surface area contributed by atoms with Crippen molar-refractivity contribution >= 4 is 12.2 Å². The first-order valence-corrected chi connectivity index (χ1v) is 7.53. The van der Waals surface area contributed by atoms with Gasteiger partial charge in [-0.25, -0.2) is 0 Å². The summed E-state index contributed by atoms with van der Waals surface area (Å²) in [4.78, 5) is 15.3. The summed E-state index contributed by atoms with van der Waals surface area (Å²) in [5, 5.41) is 9.10. The third-order valence-corrected chi connectivity index (χ3v) is 3.65. The summed E-state index contributed by atoms with van der Waals surface area (Å²) >= 11 is 0. The van der Waals surface area contributed by atoms with Gasteiger partial charge in [-0.1, -0.05) is 57.8 Å². The van der Waals surface area contributed by atoms with Gasteiger partial charge in [0, 0.05) is 12.8 Å². The minimum absolute atomic E-state index is 0.366. The molecule has 1 aliphatic rings. The van der Waals surface area contributed by atoms with Crippen LogP contribution in [0.25, 0.3) is 0 Å². The molecule has 104 valence electrons. The van der Waals surface area contributed by atoms with Crippen molar-refractivity contribution in [3.8, 4) is 0 Å². The zero-order valence-electron chi connectivity index (χ0n) is 11.4. The van der Waals surface area contributed by atoms with Gasteiger partial charge in [-0.3, -0.25) is 9.79 Å². The minimum atomic E-state index is -0.719. The molecule has 1 aliphatic heterocycles. The molecule has 1 atom stereocenters. The summed E-state index contributed by atoms with van der Waals surface area (Å²) in [7, 11) is 0. The van der Waals surface area contributed by atoms with Gasteiger partial charge >= 0.3 is 5.97 Å². The molecule has 0 aromatic rings. The van der Waals surface area contributed by atoms with Crippen molar-refractivity contribution in [2.45, 2.75) is 70.6 Å². The largest absolute Gasteiger partial charge is 0.481 e. The van der Waals surface area contributed by atoms with Gasteiger partial charge in [0.1, 0.15) is 0 Å². The Bertz CT molecular complexity index is 251. The molecule has 0 amide bonds. The van der Waals surface area contributed by atoms with Gasteiger partial charge in [-0.05, 0) is 12.8 Å². The van der Waals surface area contributed by atoms with Crippen LogP contribution in [0.2, 0.25) is 0 Å². The topological polar surface area (TPSA) is 49.7 Å². The van der Waals surface area contributed by atoms with Gasteiger partial charge in [0.2, 0.25) is 0 Å². The molecule has 0 fully saturated rings. The number of carboxylic acids is 1. The lowest BCUT2D eigenvalue weighted by Gasteiger charge is -2.06. The number of aliphatic imine (C=N–C) groups is 1. The van der Waals surface area contributed by atoms with Crippen LogP contribution >= 0.6 is 0 Å². The Kier molecular flexibility index (Phi) is 8.53. The summed E-state index contributed by atoms with van der Waals surface area (Å²) in [6.45, 7) is 0.795.